The third-order valence-corrected chi connectivity index (χ3v) is 29.7. The van der Waals surface area contributed by atoms with Crippen molar-refractivity contribution in [1.29, 1.82) is 0 Å². The zero-order valence-corrected chi connectivity index (χ0v) is 79.4. The molecule has 0 unspecified atom stereocenters. The van der Waals surface area contributed by atoms with E-state index in [1.165, 1.54) is 81.5 Å². The number of aromatic hydroxyl groups is 4. The van der Waals surface area contributed by atoms with Gasteiger partial charge in [-0.05, 0) is 242 Å². The molecule has 0 bridgehead atoms. The number of thiophene rings is 4. The number of hydrogen-bond acceptors (Lipinski definition) is 20. The van der Waals surface area contributed by atoms with Gasteiger partial charge in [0.1, 0.15) is 71.3 Å². The first-order valence-electron chi connectivity index (χ1n) is 45.1. The van der Waals surface area contributed by atoms with Crippen LogP contribution in [0.1, 0.15) is 88.8 Å². The standard InChI is InChI=1S/C28H23F4NO3S.2C27H23ClFNO3S.C27H23F2NO3S/c29-14-18-15-33(16-18)12-11-17-1-8-22(9-2-17)36-26-23-10-7-21(34)13-24(23)37-27(26)25(35)19-3-5-20(6-4-19)28(30,31)32;28-20-5-3-19(4-6-20)25(32)27-26(23-10-7-21(31)13-24(23)34-27)33-22-8-1-17(2-9-22)11-12-30-15-18(14-29)16-30;28-23-4-2-1-3-21(23)25(32)27-26(22-10-7-19(31)13-24(22)34-27)33-20-8-5-17(6-9-20)11-12-30-15-18(14-29)16-30;28-14-18-15-30(16-18)12-11-17-1-8-22(9-2-17)33-26-23-10-7-21(31)13-24(23)34-27(26)25(32)19-3-5-20(29)6-4-19/h1-10,13,18,34H,11-12,14-16H2;3*1-10,13,18,31H,11-12,14-16H2. The number of nitrogens with zero attached hydrogens (tertiary/aromatic N) is 4. The minimum Gasteiger partial charge on any atom is -0.508 e. The Kier molecular flexibility index (Phi) is 31.2. The van der Waals surface area contributed by atoms with Gasteiger partial charge in [0, 0.05) is 170 Å². The van der Waals surface area contributed by atoms with Gasteiger partial charge < -0.3 is 59.0 Å². The van der Waals surface area contributed by atoms with E-state index in [4.69, 9.17) is 42.1 Å². The summed E-state index contributed by atoms with van der Waals surface area (Å²) in [6.45, 7) is 9.13. The number of ketones is 4. The highest BCUT2D eigenvalue weighted by molar-refractivity contribution is 7.22. The van der Waals surface area contributed by atoms with E-state index < -0.39 is 23.3 Å². The molecule has 4 N–H and O–H groups in total. The van der Waals surface area contributed by atoms with Crippen LogP contribution in [0.3, 0.4) is 0 Å². The molecular formula is C109H92Cl2F8N4O12S4. The van der Waals surface area contributed by atoms with Crippen LogP contribution in [-0.4, -0.2) is 168 Å². The number of benzene rings is 12. The lowest BCUT2D eigenvalue weighted by atomic mass is 10.0. The number of rotatable bonds is 32. The first-order valence-corrected chi connectivity index (χ1v) is 49.1. The van der Waals surface area contributed by atoms with Crippen LogP contribution in [0, 0.1) is 29.5 Å². The van der Waals surface area contributed by atoms with E-state index in [0.29, 0.717) is 91.7 Å². The molecule has 0 saturated carbocycles. The second-order valence-corrected chi connectivity index (χ2v) is 39.8. The summed E-state index contributed by atoms with van der Waals surface area (Å²) in [5.74, 6) is 3.55. The van der Waals surface area contributed by atoms with Crippen LogP contribution in [0.4, 0.5) is 35.1 Å². The van der Waals surface area contributed by atoms with E-state index in [0.717, 1.165) is 181 Å². The van der Waals surface area contributed by atoms with Crippen molar-refractivity contribution >= 4 is 132 Å². The molecule has 12 aromatic carbocycles. The third kappa shape index (κ3) is 24.0. The minimum atomic E-state index is -4.50. The molecule has 16 aromatic rings. The molecule has 8 heterocycles. The fourth-order valence-electron chi connectivity index (χ4n) is 16.8. The number of likely N-dealkylation sites (tertiary alicyclic amines) is 4. The summed E-state index contributed by atoms with van der Waals surface area (Å²) in [6, 6.07) is 73.5. The monoisotopic (exact) mass is 2000 g/mol. The molecule has 4 fully saturated rings. The smallest absolute Gasteiger partial charge is 0.416 e. The van der Waals surface area contributed by atoms with Crippen LogP contribution in [0.25, 0.3) is 40.3 Å². The van der Waals surface area contributed by atoms with E-state index in [1.807, 2.05) is 84.9 Å². The Hall–Kier alpha value is -12.6. The lowest BCUT2D eigenvalue weighted by Crippen LogP contribution is -2.48. The number of fused-ring (bicyclic) bond motifs is 4. The highest BCUT2D eigenvalue weighted by atomic mass is 35.5. The Morgan fingerprint density at radius 2 is 0.590 bits per heavy atom. The summed E-state index contributed by atoms with van der Waals surface area (Å²) in [5.41, 5.74) is 5.14. The summed E-state index contributed by atoms with van der Waals surface area (Å²) in [7, 11) is 0. The number of alkyl halides is 7. The van der Waals surface area contributed by atoms with Gasteiger partial charge in [0.15, 0.2) is 23.0 Å². The lowest BCUT2D eigenvalue weighted by Gasteiger charge is -2.37. The lowest BCUT2D eigenvalue weighted by molar-refractivity contribution is -0.137. The maximum atomic E-state index is 13.4. The zero-order valence-electron chi connectivity index (χ0n) is 74.6. The molecular weight excluding hydrogens is 1910 g/mol. The Labute approximate surface area is 821 Å². The van der Waals surface area contributed by atoms with Crippen molar-refractivity contribution in [2.75, 3.05) is 105 Å². The number of carbonyl (C=O) groups excluding carboxylic acids is 4. The Morgan fingerprint density at radius 1 is 0.331 bits per heavy atom. The Balaban J connectivity index is 0.000000128. The van der Waals surface area contributed by atoms with Crippen LogP contribution in [0.15, 0.2) is 267 Å². The molecule has 4 aromatic heterocycles. The van der Waals surface area contributed by atoms with E-state index in [2.05, 4.69) is 19.6 Å². The molecule has 0 amide bonds. The van der Waals surface area contributed by atoms with Crippen molar-refractivity contribution in [2.24, 2.45) is 23.7 Å². The molecule has 4 aliphatic heterocycles. The number of halogens is 10. The second-order valence-electron chi connectivity index (χ2n) is 34.8. The first kappa shape index (κ1) is 98.0. The molecule has 139 heavy (non-hydrogen) atoms. The molecule has 0 atom stereocenters. The molecule has 0 aliphatic carbocycles. The average molecular weight is 2000 g/mol. The molecule has 4 aliphatic rings. The molecule has 4 saturated heterocycles. The minimum absolute atomic E-state index is 0.0261. The van der Waals surface area contributed by atoms with Gasteiger partial charge in [-0.2, -0.15) is 13.2 Å². The molecule has 30 heteroatoms. The summed E-state index contributed by atoms with van der Waals surface area (Å²) in [6.07, 6.45) is -1.04. The van der Waals surface area contributed by atoms with Gasteiger partial charge in [0.25, 0.3) is 0 Å². The Bertz CT molecular complexity index is 6840. The Morgan fingerprint density at radius 3 is 0.856 bits per heavy atom. The van der Waals surface area contributed by atoms with E-state index in [1.54, 1.807) is 121 Å². The van der Waals surface area contributed by atoms with Crippen molar-refractivity contribution in [1.82, 2.24) is 19.6 Å². The van der Waals surface area contributed by atoms with Gasteiger partial charge >= 0.3 is 6.18 Å². The normalized spacial score (nSPS) is 14.4. The fraction of sp³-hybridized carbons (Fsp3) is 0.229. The predicted molar refractivity (Wildman–Crippen MR) is 533 cm³/mol. The molecule has 0 spiro atoms. The van der Waals surface area contributed by atoms with Crippen LogP contribution in [-0.2, 0) is 31.9 Å². The SMILES string of the molecule is O=C(c1ccc(C(F)(F)F)cc1)c1sc2cc(O)ccc2c1Oc1ccc(CCN2CC(CF)C2)cc1.O=C(c1ccc(Cl)cc1)c1sc2cc(O)ccc2c1Oc1ccc(CCN2CC(CF)C2)cc1.O=C(c1ccc(F)cc1)c1sc2cc(O)ccc2c1Oc1ccc(CCN2CC(CF)C2)cc1.O=C(c1ccccc1Cl)c1sc2cc(O)ccc2c1Oc1ccc(CCN2CC(CF)C2)cc1. The third-order valence-electron chi connectivity index (χ3n) is 24.6. The first-order chi connectivity index (χ1) is 67.2. The van der Waals surface area contributed by atoms with Gasteiger partial charge in [-0.15, -0.1) is 45.3 Å². The van der Waals surface area contributed by atoms with Gasteiger partial charge in [0.2, 0.25) is 23.1 Å². The maximum absolute atomic E-state index is 13.4. The van der Waals surface area contributed by atoms with Crippen LogP contribution < -0.4 is 18.9 Å². The molecule has 20 rings (SSSR count). The van der Waals surface area contributed by atoms with Gasteiger partial charge in [-0.25, -0.2) is 4.39 Å². The number of ether oxygens (including phenoxy) is 4. The average Bonchev–Trinajstić information content (AvgIpc) is 1.64. The van der Waals surface area contributed by atoms with E-state index >= 15 is 0 Å². The maximum Gasteiger partial charge on any atom is 0.416 e. The summed E-state index contributed by atoms with van der Waals surface area (Å²) >= 11 is 17.2. The highest BCUT2D eigenvalue weighted by Gasteiger charge is 2.35. The van der Waals surface area contributed by atoms with Crippen molar-refractivity contribution in [3.8, 4) is 69.0 Å². The van der Waals surface area contributed by atoms with Gasteiger partial charge in [-0.1, -0.05) is 96.0 Å². The van der Waals surface area contributed by atoms with Crippen LogP contribution >= 0.6 is 68.5 Å². The van der Waals surface area contributed by atoms with E-state index in [9.17, 15) is 74.7 Å². The van der Waals surface area contributed by atoms with Gasteiger partial charge in [-0.3, -0.25) is 36.7 Å². The largest absolute Gasteiger partial charge is 0.508 e. The van der Waals surface area contributed by atoms with Crippen molar-refractivity contribution in [2.45, 2.75) is 31.9 Å². The van der Waals surface area contributed by atoms with Crippen LogP contribution in [0.2, 0.25) is 10.0 Å². The second kappa shape index (κ2) is 44.3. The highest BCUT2D eigenvalue weighted by Crippen LogP contribution is 2.49. The number of hydrogen-bond donors (Lipinski definition) is 4. The van der Waals surface area contributed by atoms with Crippen molar-refractivity contribution < 1.29 is 93.7 Å². The van der Waals surface area contributed by atoms with E-state index in [-0.39, 0.29) is 107 Å². The topological polar surface area (TPSA) is 199 Å². The quantitative estimate of drug-likeness (QED) is 0.0229. The summed E-state index contributed by atoms with van der Waals surface area (Å²) < 4.78 is 130. The fourth-order valence-corrected chi connectivity index (χ4v) is 21.6. The predicted octanol–water partition coefficient (Wildman–Crippen LogP) is 26.8. The summed E-state index contributed by atoms with van der Waals surface area (Å²) in [4.78, 5) is 63.7. The summed E-state index contributed by atoms with van der Waals surface area (Å²) in [5, 5.41) is 43.4. The van der Waals surface area contributed by atoms with Crippen molar-refractivity contribution in [3.63, 3.8) is 0 Å². The zero-order chi connectivity index (χ0) is 97.1. The molecule has 16 nitrogen and oxygen atoms in total. The number of phenols is 4. The molecule has 0 radical (unpaired) electrons. The number of carbonyl (C=O) groups is 4. The number of phenolic OH excluding ortho intramolecular Hbond substituents is 4. The van der Waals surface area contributed by atoms with Crippen LogP contribution in [0.5, 0.6) is 69.0 Å². The van der Waals surface area contributed by atoms with Crippen molar-refractivity contribution in [3.05, 3.63) is 352 Å². The molecule has 714 valence electrons. The van der Waals surface area contributed by atoms with Gasteiger partial charge in [0.05, 0.1) is 37.3 Å².